The zero-order valence-corrected chi connectivity index (χ0v) is 43.6. The summed E-state index contributed by atoms with van der Waals surface area (Å²) in [6.07, 6.45) is 9.60. The van der Waals surface area contributed by atoms with Gasteiger partial charge >= 0.3 is 12.2 Å². The number of aromatic amines is 1. The molecule has 14 heteroatoms. The highest BCUT2D eigenvalue weighted by atomic mass is 28.3. The molecule has 0 bridgehead atoms. The van der Waals surface area contributed by atoms with Gasteiger partial charge in [-0.1, -0.05) is 100.0 Å². The standard InChI is InChI=1S/C52H74N6O6Si2/c1-51(2,3)63-49(59)57-42-27-38(42)29-44(57)46-41(32-61-23-25-65(7,8)9)53-47(55-46)37-21-17-35(18-22-37)14-13-34-15-19-36(20-16-34)40-31-56(33-62-24-26-66(10,11)12)48(54-40)45-30-39-28-43(39)58(45)50(60)64-52(4,5)6/h13-22,31,38-39,42-45H,23-30,32-33H2,1-12H3,(H,53,55)/b14-13+/t38-,39-,42-,43-,44+,45+/m1/s1. The lowest BCUT2D eigenvalue weighted by Crippen LogP contribution is -2.39. The highest BCUT2D eigenvalue weighted by molar-refractivity contribution is 6.76. The maximum atomic E-state index is 13.5. The Balaban J connectivity index is 0.971. The topological polar surface area (TPSA) is 124 Å². The maximum Gasteiger partial charge on any atom is 0.411 e. The van der Waals surface area contributed by atoms with Gasteiger partial charge in [0.05, 0.1) is 35.8 Å². The van der Waals surface area contributed by atoms with E-state index in [-0.39, 0.29) is 36.4 Å². The van der Waals surface area contributed by atoms with Crippen molar-refractivity contribution in [2.45, 2.75) is 167 Å². The number of aromatic nitrogens is 4. The Morgan fingerprint density at radius 2 is 1.18 bits per heavy atom. The van der Waals surface area contributed by atoms with Crippen LogP contribution in [0, 0.1) is 11.8 Å². The minimum atomic E-state index is -1.26. The van der Waals surface area contributed by atoms with Gasteiger partial charge in [-0.2, -0.15) is 0 Å². The van der Waals surface area contributed by atoms with Crippen LogP contribution in [0.1, 0.15) is 108 Å². The van der Waals surface area contributed by atoms with Crippen molar-refractivity contribution in [2.24, 2.45) is 11.8 Å². The molecule has 4 fully saturated rings. The Kier molecular flexibility index (Phi) is 13.5. The highest BCUT2D eigenvalue weighted by Crippen LogP contribution is 2.55. The number of rotatable bonds is 16. The molecule has 8 rings (SSSR count). The normalized spacial score (nSPS) is 22.8. The maximum absolute atomic E-state index is 13.5. The summed E-state index contributed by atoms with van der Waals surface area (Å²) in [7, 11) is -2.51. The van der Waals surface area contributed by atoms with Gasteiger partial charge in [-0.25, -0.2) is 19.6 Å². The number of ether oxygens (including phenoxy) is 4. The van der Waals surface area contributed by atoms with Crippen LogP contribution < -0.4 is 0 Å². The molecule has 0 unspecified atom stereocenters. The molecule has 4 aliphatic rings. The van der Waals surface area contributed by atoms with E-state index in [4.69, 9.17) is 28.9 Å². The lowest BCUT2D eigenvalue weighted by atomic mass is 10.1. The molecule has 2 aromatic carbocycles. The third-order valence-corrected chi connectivity index (χ3v) is 16.4. The van der Waals surface area contributed by atoms with Crippen molar-refractivity contribution in [3.05, 3.63) is 83.1 Å². The summed E-state index contributed by atoms with van der Waals surface area (Å²) in [5, 5.41) is 0. The summed E-state index contributed by atoms with van der Waals surface area (Å²) in [6, 6.07) is 19.1. The zero-order valence-electron chi connectivity index (χ0n) is 41.6. The molecule has 1 N–H and O–H groups in total. The molecular formula is C52H74N6O6Si2. The molecule has 0 radical (unpaired) electrons. The molecular weight excluding hydrogens is 861 g/mol. The predicted molar refractivity (Wildman–Crippen MR) is 267 cm³/mol. The number of carbonyl (C=O) groups excluding carboxylic acids is 2. The number of carbonyl (C=O) groups is 2. The Morgan fingerprint density at radius 1 is 0.682 bits per heavy atom. The molecule has 6 atom stereocenters. The summed E-state index contributed by atoms with van der Waals surface area (Å²) in [6.45, 7) is 27.9. The van der Waals surface area contributed by atoms with E-state index in [1.807, 2.05) is 51.3 Å². The van der Waals surface area contributed by atoms with E-state index in [1.165, 1.54) is 0 Å². The Morgan fingerprint density at radius 3 is 1.71 bits per heavy atom. The van der Waals surface area contributed by atoms with Gasteiger partial charge in [0, 0.05) is 58.8 Å². The third-order valence-electron chi connectivity index (χ3n) is 13.0. The van der Waals surface area contributed by atoms with E-state index in [1.54, 1.807) is 0 Å². The number of amides is 2. The average Bonchev–Trinajstić information content (AvgIpc) is 3.87. The molecule has 2 aromatic heterocycles. The Labute approximate surface area is 394 Å². The van der Waals surface area contributed by atoms with Crippen molar-refractivity contribution in [1.82, 2.24) is 29.3 Å². The molecule has 2 aliphatic carbocycles. The van der Waals surface area contributed by atoms with Gasteiger partial charge < -0.3 is 28.5 Å². The average molecular weight is 935 g/mol. The number of hydrogen-bond acceptors (Lipinski definition) is 8. The second kappa shape index (κ2) is 18.5. The number of H-pyrrole nitrogens is 1. The fourth-order valence-electron chi connectivity index (χ4n) is 9.23. The molecule has 4 aromatic rings. The largest absolute Gasteiger partial charge is 0.444 e. The molecule has 0 spiro atoms. The van der Waals surface area contributed by atoms with Crippen molar-refractivity contribution in [3.8, 4) is 22.6 Å². The smallest absolute Gasteiger partial charge is 0.411 e. The van der Waals surface area contributed by atoms with Crippen molar-refractivity contribution in [2.75, 3.05) is 13.2 Å². The molecule has 66 heavy (non-hydrogen) atoms. The number of imidazole rings is 2. The summed E-state index contributed by atoms with van der Waals surface area (Å²) in [4.78, 5) is 44.9. The summed E-state index contributed by atoms with van der Waals surface area (Å²) >= 11 is 0. The number of nitrogens with zero attached hydrogens (tertiary/aromatic N) is 5. The van der Waals surface area contributed by atoms with Crippen molar-refractivity contribution < 1.29 is 28.5 Å². The van der Waals surface area contributed by atoms with E-state index in [0.29, 0.717) is 38.4 Å². The van der Waals surface area contributed by atoms with Crippen molar-refractivity contribution >= 4 is 40.5 Å². The molecule has 4 heterocycles. The fourth-order valence-corrected chi connectivity index (χ4v) is 10.7. The minimum absolute atomic E-state index is 0.151. The quantitative estimate of drug-likeness (QED) is 0.0669. The first-order chi connectivity index (χ1) is 31.0. The van der Waals surface area contributed by atoms with Crippen LogP contribution in [0.5, 0.6) is 0 Å². The number of hydrogen-bond donors (Lipinski definition) is 1. The molecule has 2 amide bonds. The van der Waals surface area contributed by atoms with Gasteiger partial charge in [0.15, 0.2) is 0 Å². The van der Waals surface area contributed by atoms with Gasteiger partial charge in [0.2, 0.25) is 0 Å². The van der Waals surface area contributed by atoms with E-state index in [9.17, 15) is 9.59 Å². The molecule has 2 saturated heterocycles. The Hall–Kier alpha value is -4.51. The molecule has 12 nitrogen and oxygen atoms in total. The third kappa shape index (κ3) is 12.0. The Bertz CT molecular complexity index is 2220. The zero-order chi connectivity index (χ0) is 47.3. The minimum Gasteiger partial charge on any atom is -0.444 e. The number of fused-ring (bicyclic) bond motifs is 2. The first-order valence-electron chi connectivity index (χ1n) is 24.2. The lowest BCUT2D eigenvalue weighted by Gasteiger charge is -2.30. The van der Waals surface area contributed by atoms with Crippen LogP contribution in [0.3, 0.4) is 0 Å². The second-order valence-electron chi connectivity index (χ2n) is 23.6. The first kappa shape index (κ1) is 48.0. The van der Waals surface area contributed by atoms with E-state index >= 15 is 0 Å². The summed E-state index contributed by atoms with van der Waals surface area (Å²) in [5.74, 6) is 2.60. The summed E-state index contributed by atoms with van der Waals surface area (Å²) < 4.78 is 26.4. The van der Waals surface area contributed by atoms with Crippen LogP contribution in [0.4, 0.5) is 9.59 Å². The van der Waals surface area contributed by atoms with Gasteiger partial charge in [-0.15, -0.1) is 0 Å². The predicted octanol–water partition coefficient (Wildman–Crippen LogP) is 12.4. The lowest BCUT2D eigenvalue weighted by molar-refractivity contribution is 0.0154. The monoisotopic (exact) mass is 935 g/mol. The van der Waals surface area contributed by atoms with Gasteiger partial charge in [-0.05, 0) is 102 Å². The van der Waals surface area contributed by atoms with Crippen LogP contribution in [-0.2, 0) is 32.3 Å². The molecule has 2 aliphatic heterocycles. The number of piperidine rings is 2. The molecule has 356 valence electrons. The van der Waals surface area contributed by atoms with E-state index in [2.05, 4.69) is 116 Å². The summed E-state index contributed by atoms with van der Waals surface area (Å²) in [5.41, 5.74) is 5.65. The fraction of sp³-hybridized carbons (Fsp3) is 0.577. The van der Waals surface area contributed by atoms with Crippen molar-refractivity contribution in [1.29, 1.82) is 0 Å². The first-order valence-corrected chi connectivity index (χ1v) is 31.6. The van der Waals surface area contributed by atoms with Crippen LogP contribution in [0.2, 0.25) is 51.4 Å². The van der Waals surface area contributed by atoms with Crippen molar-refractivity contribution in [3.63, 3.8) is 0 Å². The van der Waals surface area contributed by atoms with Gasteiger partial charge in [0.1, 0.15) is 29.6 Å². The van der Waals surface area contributed by atoms with Gasteiger partial charge in [0.25, 0.3) is 0 Å². The number of benzene rings is 2. The number of likely N-dealkylation sites (tertiary alicyclic amines) is 2. The number of nitrogens with one attached hydrogen (secondary N) is 1. The van der Waals surface area contributed by atoms with Gasteiger partial charge in [-0.3, -0.25) is 9.80 Å². The highest BCUT2D eigenvalue weighted by Gasteiger charge is 2.57. The van der Waals surface area contributed by atoms with Crippen LogP contribution >= 0.6 is 0 Å². The van der Waals surface area contributed by atoms with Crippen LogP contribution in [-0.4, -0.2) is 94.2 Å². The van der Waals surface area contributed by atoms with E-state index in [0.717, 1.165) is 88.8 Å². The molecule has 2 saturated carbocycles. The van der Waals surface area contributed by atoms with Crippen LogP contribution in [0.15, 0.2) is 54.7 Å². The second-order valence-corrected chi connectivity index (χ2v) is 34.8. The van der Waals surface area contributed by atoms with Crippen LogP contribution in [0.25, 0.3) is 34.8 Å². The SMILES string of the molecule is CC(C)(C)OC(=O)N1[C@@H]2C[C@@H]2C[C@H]1c1nc(-c2ccc(/C=C/c3ccc(-c4cn(COCC[Si](C)(C)C)c([C@@H]5C[C@H]6C[C@H]6N5C(=O)OC(C)(C)C)n4)cc3)cc2)[nH]c1COCC[Si](C)(C)C. The van der Waals surface area contributed by atoms with E-state index < -0.39 is 27.3 Å².